The Labute approximate surface area is 124 Å². The average Bonchev–Trinajstić information content (AvgIpc) is 3.11. The highest BCUT2D eigenvalue weighted by Crippen LogP contribution is 2.30. The molecule has 1 N–H and O–H groups in total. The van der Waals surface area contributed by atoms with Gasteiger partial charge in [-0.15, -0.1) is 0 Å². The van der Waals surface area contributed by atoms with E-state index in [0.29, 0.717) is 0 Å². The first kappa shape index (κ1) is 13.7. The van der Waals surface area contributed by atoms with Crippen LogP contribution in [0.1, 0.15) is 38.5 Å². The maximum absolute atomic E-state index is 5.25. The molecule has 108 valence electrons. The number of nitrogens with one attached hydrogen (secondary N) is 1. The van der Waals surface area contributed by atoms with Gasteiger partial charge in [0.15, 0.2) is 5.13 Å². The van der Waals surface area contributed by atoms with Crippen molar-refractivity contribution >= 4 is 26.7 Å². The predicted octanol–water partition coefficient (Wildman–Crippen LogP) is 4.69. The van der Waals surface area contributed by atoms with E-state index in [4.69, 9.17) is 4.74 Å². The van der Waals surface area contributed by atoms with E-state index in [0.717, 1.165) is 28.9 Å². The topological polar surface area (TPSA) is 34.1 Å². The second kappa shape index (κ2) is 6.44. The second-order valence-electron chi connectivity index (χ2n) is 5.57. The van der Waals surface area contributed by atoms with Crippen molar-refractivity contribution < 1.29 is 4.74 Å². The van der Waals surface area contributed by atoms with Gasteiger partial charge in [0.2, 0.25) is 0 Å². The number of thiazole rings is 1. The molecule has 1 aliphatic carbocycles. The van der Waals surface area contributed by atoms with Gasteiger partial charge < -0.3 is 10.1 Å². The first-order chi connectivity index (χ1) is 9.85. The highest BCUT2D eigenvalue weighted by atomic mass is 32.1. The molecule has 2 aromatic rings. The number of anilines is 1. The normalized spacial score (nSPS) is 15.8. The lowest BCUT2D eigenvalue weighted by molar-refractivity contribution is 0.415. The van der Waals surface area contributed by atoms with E-state index in [2.05, 4.69) is 16.4 Å². The van der Waals surface area contributed by atoms with Crippen LogP contribution in [0.2, 0.25) is 0 Å². The number of methoxy groups -OCH3 is 1. The van der Waals surface area contributed by atoms with E-state index in [9.17, 15) is 0 Å². The number of benzene rings is 1. The standard InChI is InChI=1S/C16H22N2OS/c1-19-13-8-9-14-15(11-13)20-16(18-14)17-10-4-7-12-5-2-3-6-12/h8-9,11-12H,2-7,10H2,1H3,(H,17,18). The minimum Gasteiger partial charge on any atom is -0.497 e. The Balaban J connectivity index is 1.52. The number of hydrogen-bond acceptors (Lipinski definition) is 4. The Kier molecular flexibility index (Phi) is 4.41. The fourth-order valence-corrected chi connectivity index (χ4v) is 3.91. The summed E-state index contributed by atoms with van der Waals surface area (Å²) in [6.45, 7) is 1.04. The number of nitrogens with zero attached hydrogens (tertiary/aromatic N) is 1. The summed E-state index contributed by atoms with van der Waals surface area (Å²) in [5.74, 6) is 1.88. The summed E-state index contributed by atoms with van der Waals surface area (Å²) in [5, 5.41) is 4.49. The van der Waals surface area contributed by atoms with E-state index >= 15 is 0 Å². The number of ether oxygens (including phenoxy) is 1. The van der Waals surface area contributed by atoms with Crippen LogP contribution in [0.25, 0.3) is 10.2 Å². The molecule has 1 aromatic heterocycles. The summed E-state index contributed by atoms with van der Waals surface area (Å²) in [5.41, 5.74) is 1.05. The number of rotatable bonds is 6. The van der Waals surface area contributed by atoms with Crippen molar-refractivity contribution in [3.63, 3.8) is 0 Å². The number of hydrogen-bond donors (Lipinski definition) is 1. The van der Waals surface area contributed by atoms with Gasteiger partial charge in [0, 0.05) is 6.54 Å². The lowest BCUT2D eigenvalue weighted by Crippen LogP contribution is -2.03. The van der Waals surface area contributed by atoms with Crippen molar-refractivity contribution in [1.29, 1.82) is 0 Å². The monoisotopic (exact) mass is 290 g/mol. The van der Waals surface area contributed by atoms with E-state index in [-0.39, 0.29) is 0 Å². The maximum atomic E-state index is 5.25. The van der Waals surface area contributed by atoms with Crippen molar-refractivity contribution in [2.45, 2.75) is 38.5 Å². The van der Waals surface area contributed by atoms with Gasteiger partial charge in [-0.1, -0.05) is 37.0 Å². The van der Waals surface area contributed by atoms with Gasteiger partial charge in [0.05, 0.1) is 17.3 Å². The molecular weight excluding hydrogens is 268 g/mol. The molecule has 0 unspecified atom stereocenters. The van der Waals surface area contributed by atoms with E-state index in [1.165, 1.54) is 43.2 Å². The van der Waals surface area contributed by atoms with Gasteiger partial charge >= 0.3 is 0 Å². The molecule has 0 saturated heterocycles. The molecule has 1 aromatic carbocycles. The average molecular weight is 290 g/mol. The van der Waals surface area contributed by atoms with Crippen molar-refractivity contribution in [1.82, 2.24) is 4.98 Å². The molecule has 0 atom stereocenters. The zero-order valence-electron chi connectivity index (χ0n) is 12.0. The van der Waals surface area contributed by atoms with Crippen molar-refractivity contribution in [3.8, 4) is 5.75 Å². The largest absolute Gasteiger partial charge is 0.497 e. The molecule has 1 fully saturated rings. The summed E-state index contributed by atoms with van der Waals surface area (Å²) in [4.78, 5) is 4.61. The quantitative estimate of drug-likeness (QED) is 0.784. The SMILES string of the molecule is COc1ccc2nc(NCCCC3CCCC3)sc2c1. The highest BCUT2D eigenvalue weighted by Gasteiger charge is 2.14. The smallest absolute Gasteiger partial charge is 0.183 e. The van der Waals surface area contributed by atoms with Gasteiger partial charge in [-0.05, 0) is 37.0 Å². The zero-order chi connectivity index (χ0) is 13.8. The molecule has 0 spiro atoms. The van der Waals surface area contributed by atoms with Crippen molar-refractivity contribution in [3.05, 3.63) is 18.2 Å². The number of fused-ring (bicyclic) bond motifs is 1. The van der Waals surface area contributed by atoms with Gasteiger partial charge in [0.25, 0.3) is 0 Å². The third-order valence-corrected chi connectivity index (χ3v) is 5.11. The first-order valence-electron chi connectivity index (χ1n) is 7.53. The zero-order valence-corrected chi connectivity index (χ0v) is 12.8. The summed E-state index contributed by atoms with van der Waals surface area (Å²) < 4.78 is 6.43. The minimum absolute atomic E-state index is 0.897. The Morgan fingerprint density at radius 3 is 3.00 bits per heavy atom. The van der Waals surface area contributed by atoms with Crippen LogP contribution < -0.4 is 10.1 Å². The molecule has 1 aliphatic rings. The third-order valence-electron chi connectivity index (χ3n) is 4.14. The van der Waals surface area contributed by atoms with Gasteiger partial charge in [0.1, 0.15) is 5.75 Å². The Bertz CT molecular complexity index is 561. The summed E-state index contributed by atoms with van der Waals surface area (Å²) in [6, 6.07) is 6.04. The summed E-state index contributed by atoms with van der Waals surface area (Å²) in [6.07, 6.45) is 8.40. The Morgan fingerprint density at radius 2 is 2.20 bits per heavy atom. The van der Waals surface area contributed by atoms with Crippen LogP contribution in [0.5, 0.6) is 5.75 Å². The van der Waals surface area contributed by atoms with Gasteiger partial charge in [-0.3, -0.25) is 0 Å². The molecule has 0 bridgehead atoms. The maximum Gasteiger partial charge on any atom is 0.183 e. The van der Waals surface area contributed by atoms with Crippen LogP contribution in [0, 0.1) is 5.92 Å². The molecule has 0 aliphatic heterocycles. The Morgan fingerprint density at radius 1 is 1.35 bits per heavy atom. The lowest BCUT2D eigenvalue weighted by Gasteiger charge is -2.08. The fraction of sp³-hybridized carbons (Fsp3) is 0.562. The lowest BCUT2D eigenvalue weighted by atomic mass is 10.0. The van der Waals surface area contributed by atoms with Gasteiger partial charge in [-0.2, -0.15) is 0 Å². The third kappa shape index (κ3) is 3.23. The molecule has 1 saturated carbocycles. The fourth-order valence-electron chi connectivity index (χ4n) is 2.99. The van der Waals surface area contributed by atoms with Crippen molar-refractivity contribution in [2.24, 2.45) is 5.92 Å². The molecular formula is C16H22N2OS. The molecule has 1 heterocycles. The van der Waals surface area contributed by atoms with Crippen LogP contribution in [0.4, 0.5) is 5.13 Å². The van der Waals surface area contributed by atoms with E-state index < -0.39 is 0 Å². The van der Waals surface area contributed by atoms with Crippen LogP contribution >= 0.6 is 11.3 Å². The molecule has 0 radical (unpaired) electrons. The molecule has 20 heavy (non-hydrogen) atoms. The van der Waals surface area contributed by atoms with E-state index in [1.54, 1.807) is 18.4 Å². The summed E-state index contributed by atoms with van der Waals surface area (Å²) in [7, 11) is 1.70. The van der Waals surface area contributed by atoms with Crippen LogP contribution in [-0.2, 0) is 0 Å². The second-order valence-corrected chi connectivity index (χ2v) is 6.60. The van der Waals surface area contributed by atoms with Crippen LogP contribution in [0.3, 0.4) is 0 Å². The van der Waals surface area contributed by atoms with Crippen LogP contribution in [0.15, 0.2) is 18.2 Å². The number of aromatic nitrogens is 1. The van der Waals surface area contributed by atoms with Crippen molar-refractivity contribution in [2.75, 3.05) is 19.0 Å². The van der Waals surface area contributed by atoms with Crippen LogP contribution in [-0.4, -0.2) is 18.6 Å². The van der Waals surface area contributed by atoms with Gasteiger partial charge in [-0.25, -0.2) is 4.98 Å². The Hall–Kier alpha value is -1.29. The minimum atomic E-state index is 0.897. The molecule has 3 nitrogen and oxygen atoms in total. The summed E-state index contributed by atoms with van der Waals surface area (Å²) >= 11 is 1.71. The predicted molar refractivity (Wildman–Crippen MR) is 85.9 cm³/mol. The highest BCUT2D eigenvalue weighted by molar-refractivity contribution is 7.22. The molecule has 0 amide bonds. The first-order valence-corrected chi connectivity index (χ1v) is 8.35. The van der Waals surface area contributed by atoms with E-state index in [1.807, 2.05) is 12.1 Å². The molecule has 4 heteroatoms. The molecule has 3 rings (SSSR count).